The highest BCUT2D eigenvalue weighted by Gasteiger charge is 2.28. The fourth-order valence-electron chi connectivity index (χ4n) is 2.77. The van der Waals surface area contributed by atoms with Crippen molar-refractivity contribution in [3.8, 4) is 0 Å². The van der Waals surface area contributed by atoms with E-state index in [4.69, 9.17) is 5.73 Å². The fraction of sp³-hybridized carbons (Fsp3) is 0.647. The van der Waals surface area contributed by atoms with Gasteiger partial charge < -0.3 is 5.73 Å². The molecule has 0 aliphatic heterocycles. The molecule has 0 atom stereocenters. The molecule has 2 nitrogen and oxygen atoms in total. The van der Waals surface area contributed by atoms with Crippen molar-refractivity contribution in [2.24, 2.45) is 17.6 Å². The number of hydrogen-bond acceptors (Lipinski definition) is 2. The Morgan fingerprint density at radius 1 is 0.895 bits per heavy atom. The summed E-state index contributed by atoms with van der Waals surface area (Å²) in [5.41, 5.74) is 8.42. The Hall–Kier alpha value is -0.860. The number of nitrogens with two attached hydrogens (primary N) is 1. The Morgan fingerprint density at radius 2 is 1.42 bits per heavy atom. The molecule has 0 bridgehead atoms. The quantitative estimate of drug-likeness (QED) is 0.777. The van der Waals surface area contributed by atoms with E-state index in [1.165, 1.54) is 49.9 Å². The van der Waals surface area contributed by atoms with Crippen molar-refractivity contribution in [3.63, 3.8) is 0 Å². The third kappa shape index (κ3) is 4.32. The van der Waals surface area contributed by atoms with Gasteiger partial charge in [0.25, 0.3) is 0 Å². The minimum Gasteiger partial charge on any atom is -0.330 e. The van der Waals surface area contributed by atoms with Gasteiger partial charge in [-0.15, -0.1) is 0 Å². The number of rotatable bonds is 8. The predicted molar refractivity (Wildman–Crippen MR) is 79.9 cm³/mol. The van der Waals surface area contributed by atoms with E-state index in [1.54, 1.807) is 0 Å². The van der Waals surface area contributed by atoms with E-state index < -0.39 is 0 Å². The molecule has 0 unspecified atom stereocenters. The Kier molecular flexibility index (Phi) is 4.19. The molecule has 3 rings (SSSR count). The molecule has 1 aromatic rings. The number of nitrogens with zero attached hydrogens (tertiary/aromatic N) is 1. The fourth-order valence-corrected chi connectivity index (χ4v) is 2.77. The Bertz CT molecular complexity index is 376. The molecule has 2 saturated carbocycles. The van der Waals surface area contributed by atoms with Gasteiger partial charge in [-0.25, -0.2) is 0 Å². The highest BCUT2D eigenvalue weighted by atomic mass is 15.1. The van der Waals surface area contributed by atoms with Gasteiger partial charge >= 0.3 is 0 Å². The lowest BCUT2D eigenvalue weighted by molar-refractivity contribution is 0.244. The largest absolute Gasteiger partial charge is 0.330 e. The average Bonchev–Trinajstić information content (AvgIpc) is 3.28. The normalized spacial score (nSPS) is 19.1. The summed E-state index contributed by atoms with van der Waals surface area (Å²) < 4.78 is 0. The molecule has 2 aliphatic carbocycles. The number of hydrogen-bond donors (Lipinski definition) is 1. The summed E-state index contributed by atoms with van der Waals surface area (Å²) in [6.07, 6.45) is 6.81. The summed E-state index contributed by atoms with van der Waals surface area (Å²) in [7, 11) is 0. The van der Waals surface area contributed by atoms with Crippen molar-refractivity contribution in [2.75, 3.05) is 19.6 Å². The van der Waals surface area contributed by atoms with Crippen molar-refractivity contribution in [2.45, 2.75) is 38.6 Å². The summed E-state index contributed by atoms with van der Waals surface area (Å²) in [6, 6.07) is 9.07. The van der Waals surface area contributed by atoms with Gasteiger partial charge in [0.2, 0.25) is 0 Å². The van der Waals surface area contributed by atoms with Gasteiger partial charge in [0.05, 0.1) is 0 Å². The van der Waals surface area contributed by atoms with Crippen molar-refractivity contribution in [1.82, 2.24) is 4.90 Å². The van der Waals surface area contributed by atoms with Crippen LogP contribution in [-0.4, -0.2) is 24.5 Å². The molecule has 104 valence electrons. The van der Waals surface area contributed by atoms with Crippen LogP contribution in [0.1, 0.15) is 36.8 Å². The zero-order valence-electron chi connectivity index (χ0n) is 11.9. The van der Waals surface area contributed by atoms with Crippen LogP contribution in [0.15, 0.2) is 24.3 Å². The molecule has 1 aromatic carbocycles. The third-order valence-corrected chi connectivity index (χ3v) is 4.29. The lowest BCUT2D eigenvalue weighted by Crippen LogP contribution is -2.27. The van der Waals surface area contributed by atoms with Crippen LogP contribution >= 0.6 is 0 Å². The molecule has 19 heavy (non-hydrogen) atoms. The zero-order valence-corrected chi connectivity index (χ0v) is 11.9. The lowest BCUT2D eigenvalue weighted by Gasteiger charge is -2.22. The minimum atomic E-state index is 0.745. The molecular weight excluding hydrogens is 232 g/mol. The lowest BCUT2D eigenvalue weighted by atomic mass is 10.1. The van der Waals surface area contributed by atoms with Crippen LogP contribution in [-0.2, 0) is 13.0 Å². The van der Waals surface area contributed by atoms with Gasteiger partial charge in [-0.1, -0.05) is 24.3 Å². The summed E-state index contributed by atoms with van der Waals surface area (Å²) in [6.45, 7) is 4.52. The molecule has 0 amide bonds. The molecular formula is C17H26N2. The summed E-state index contributed by atoms with van der Waals surface area (Å²) in [5.74, 6) is 1.99. The predicted octanol–water partition coefficient (Wildman–Crippen LogP) is 2.81. The first-order valence-corrected chi connectivity index (χ1v) is 7.83. The van der Waals surface area contributed by atoms with E-state index in [9.17, 15) is 0 Å². The van der Waals surface area contributed by atoms with Crippen LogP contribution in [0, 0.1) is 11.8 Å². The first-order chi connectivity index (χ1) is 9.33. The van der Waals surface area contributed by atoms with E-state index in [0.717, 1.165) is 31.3 Å². The minimum absolute atomic E-state index is 0.745. The van der Waals surface area contributed by atoms with Crippen LogP contribution in [0.25, 0.3) is 0 Å². The van der Waals surface area contributed by atoms with Crippen LogP contribution < -0.4 is 5.73 Å². The zero-order chi connectivity index (χ0) is 13.1. The first kappa shape index (κ1) is 13.1. The van der Waals surface area contributed by atoms with Crippen LogP contribution in [0.4, 0.5) is 0 Å². The second kappa shape index (κ2) is 6.06. The molecule has 2 heteroatoms. The van der Waals surface area contributed by atoms with Crippen LogP contribution in [0.2, 0.25) is 0 Å². The molecule has 0 aromatic heterocycles. The van der Waals surface area contributed by atoms with Gasteiger partial charge in [0, 0.05) is 19.6 Å². The maximum absolute atomic E-state index is 5.59. The van der Waals surface area contributed by atoms with E-state index >= 15 is 0 Å². The van der Waals surface area contributed by atoms with Gasteiger partial charge in [-0.2, -0.15) is 0 Å². The van der Waals surface area contributed by atoms with E-state index in [-0.39, 0.29) is 0 Å². The standard InChI is InChI=1S/C17H26N2/c18-10-9-14-1-3-15(4-2-14)11-19(12-16-5-6-16)13-17-7-8-17/h1-4,16-17H,5-13,18H2. The maximum atomic E-state index is 5.59. The second-order valence-corrected chi connectivity index (χ2v) is 6.44. The van der Waals surface area contributed by atoms with Crippen molar-refractivity contribution >= 4 is 0 Å². The van der Waals surface area contributed by atoms with Crippen LogP contribution in [0.3, 0.4) is 0 Å². The van der Waals surface area contributed by atoms with E-state index in [1.807, 2.05) is 0 Å². The Balaban J connectivity index is 1.55. The summed E-state index contributed by atoms with van der Waals surface area (Å²) in [5, 5.41) is 0. The van der Waals surface area contributed by atoms with Crippen molar-refractivity contribution < 1.29 is 0 Å². The smallest absolute Gasteiger partial charge is 0.0233 e. The highest BCUT2D eigenvalue weighted by Crippen LogP contribution is 2.34. The Labute approximate surface area is 117 Å². The second-order valence-electron chi connectivity index (χ2n) is 6.44. The monoisotopic (exact) mass is 258 g/mol. The van der Waals surface area contributed by atoms with Gasteiger partial charge in [0.1, 0.15) is 0 Å². The van der Waals surface area contributed by atoms with Gasteiger partial charge in [-0.3, -0.25) is 4.90 Å². The van der Waals surface area contributed by atoms with Crippen LogP contribution in [0.5, 0.6) is 0 Å². The molecule has 0 saturated heterocycles. The topological polar surface area (TPSA) is 29.3 Å². The van der Waals surface area contributed by atoms with E-state index in [2.05, 4.69) is 29.2 Å². The van der Waals surface area contributed by atoms with Crippen molar-refractivity contribution in [1.29, 1.82) is 0 Å². The molecule has 2 aliphatic rings. The van der Waals surface area contributed by atoms with Crippen molar-refractivity contribution in [3.05, 3.63) is 35.4 Å². The molecule has 0 heterocycles. The first-order valence-electron chi connectivity index (χ1n) is 7.83. The van der Waals surface area contributed by atoms with Gasteiger partial charge in [0.15, 0.2) is 0 Å². The Morgan fingerprint density at radius 3 is 1.89 bits per heavy atom. The molecule has 2 fully saturated rings. The maximum Gasteiger partial charge on any atom is 0.0233 e. The van der Waals surface area contributed by atoms with Gasteiger partial charge in [-0.05, 0) is 61.6 Å². The average molecular weight is 258 g/mol. The molecule has 0 spiro atoms. The summed E-state index contributed by atoms with van der Waals surface area (Å²) >= 11 is 0. The number of benzene rings is 1. The highest BCUT2D eigenvalue weighted by molar-refractivity contribution is 5.22. The SMILES string of the molecule is NCCc1ccc(CN(CC2CC2)CC2CC2)cc1. The molecule has 0 radical (unpaired) electrons. The molecule has 2 N–H and O–H groups in total. The van der Waals surface area contributed by atoms with E-state index in [0.29, 0.717) is 0 Å². The summed E-state index contributed by atoms with van der Waals surface area (Å²) in [4.78, 5) is 2.69. The third-order valence-electron chi connectivity index (χ3n) is 4.29.